The molecule has 0 aliphatic rings. The number of sulfonamides is 1. The summed E-state index contributed by atoms with van der Waals surface area (Å²) in [6, 6.07) is 13.7. The number of aryl methyl sites for hydroxylation is 1. The van der Waals surface area contributed by atoms with E-state index in [9.17, 15) is 13.2 Å². The van der Waals surface area contributed by atoms with Crippen LogP contribution in [0.25, 0.3) is 0 Å². The van der Waals surface area contributed by atoms with Crippen molar-refractivity contribution in [2.45, 2.75) is 18.7 Å². The number of carbonyl (C=O) groups excluding carboxylic acids is 1. The smallest absolute Gasteiger partial charge is 0.243 e. The predicted octanol–water partition coefficient (Wildman–Crippen LogP) is 2.56. The lowest BCUT2D eigenvalue weighted by molar-refractivity contribution is -0.116. The molecular formula is C17H20N2O3S. The van der Waals surface area contributed by atoms with E-state index in [2.05, 4.69) is 5.32 Å². The molecule has 0 saturated carbocycles. The number of carbonyl (C=O) groups is 1. The molecule has 1 N–H and O–H groups in total. The van der Waals surface area contributed by atoms with E-state index < -0.39 is 10.0 Å². The molecule has 0 aromatic heterocycles. The van der Waals surface area contributed by atoms with Crippen LogP contribution in [0.5, 0.6) is 0 Å². The number of likely N-dealkylation sites (N-methyl/N-ethyl adjacent to an activating group) is 1. The van der Waals surface area contributed by atoms with Crippen LogP contribution >= 0.6 is 0 Å². The van der Waals surface area contributed by atoms with E-state index in [4.69, 9.17) is 0 Å². The third-order valence-electron chi connectivity index (χ3n) is 3.70. The summed E-state index contributed by atoms with van der Waals surface area (Å²) in [7, 11) is -2.28. The summed E-state index contributed by atoms with van der Waals surface area (Å²) < 4.78 is 25.8. The van der Waals surface area contributed by atoms with Crippen molar-refractivity contribution < 1.29 is 13.2 Å². The molecule has 1 amide bonds. The van der Waals surface area contributed by atoms with Crippen molar-refractivity contribution in [1.29, 1.82) is 0 Å². The molecule has 122 valence electrons. The number of hydrogen-bond acceptors (Lipinski definition) is 3. The van der Waals surface area contributed by atoms with E-state index in [0.717, 1.165) is 15.4 Å². The standard InChI is InChI=1S/C17H20N2O3S/c1-13-8-7-11-16(14(13)2)18-17(20)12-19(3)23(21,22)15-9-5-4-6-10-15/h4-11H,12H2,1-3H3,(H,18,20). The minimum absolute atomic E-state index is 0.169. The number of nitrogens with one attached hydrogen (secondary N) is 1. The van der Waals surface area contributed by atoms with Gasteiger partial charge in [-0.2, -0.15) is 4.31 Å². The van der Waals surface area contributed by atoms with Crippen LogP contribution in [0.3, 0.4) is 0 Å². The van der Waals surface area contributed by atoms with Crippen LogP contribution in [0.4, 0.5) is 5.69 Å². The van der Waals surface area contributed by atoms with Crippen molar-refractivity contribution in [3.8, 4) is 0 Å². The van der Waals surface area contributed by atoms with Crippen molar-refractivity contribution >= 4 is 21.6 Å². The van der Waals surface area contributed by atoms with Crippen LogP contribution < -0.4 is 5.32 Å². The Kier molecular flexibility index (Phi) is 5.18. The highest BCUT2D eigenvalue weighted by Gasteiger charge is 2.22. The summed E-state index contributed by atoms with van der Waals surface area (Å²) in [4.78, 5) is 12.3. The van der Waals surface area contributed by atoms with Gasteiger partial charge in [0.15, 0.2) is 0 Å². The van der Waals surface area contributed by atoms with Crippen molar-refractivity contribution in [3.63, 3.8) is 0 Å². The largest absolute Gasteiger partial charge is 0.325 e. The van der Waals surface area contributed by atoms with Gasteiger partial charge in [-0.15, -0.1) is 0 Å². The molecule has 0 spiro atoms. The molecule has 2 aromatic carbocycles. The summed E-state index contributed by atoms with van der Waals surface area (Å²) in [6.07, 6.45) is 0. The predicted molar refractivity (Wildman–Crippen MR) is 90.8 cm³/mol. The first kappa shape index (κ1) is 17.2. The molecule has 6 heteroatoms. The van der Waals surface area contributed by atoms with Crippen molar-refractivity contribution in [3.05, 3.63) is 59.7 Å². The molecule has 0 bridgehead atoms. The number of nitrogens with zero attached hydrogens (tertiary/aromatic N) is 1. The Balaban J connectivity index is 2.10. The maximum absolute atomic E-state index is 12.4. The third-order valence-corrected chi connectivity index (χ3v) is 5.51. The first-order valence-corrected chi connectivity index (χ1v) is 8.64. The summed E-state index contributed by atoms with van der Waals surface area (Å²) >= 11 is 0. The van der Waals surface area contributed by atoms with Gasteiger partial charge >= 0.3 is 0 Å². The second-order valence-electron chi connectivity index (χ2n) is 5.37. The number of hydrogen-bond donors (Lipinski definition) is 1. The maximum atomic E-state index is 12.4. The molecule has 2 rings (SSSR count). The Bertz CT molecular complexity index is 802. The SMILES string of the molecule is Cc1cccc(NC(=O)CN(C)S(=O)(=O)c2ccccc2)c1C. The van der Waals surface area contributed by atoms with E-state index in [-0.39, 0.29) is 17.3 Å². The minimum Gasteiger partial charge on any atom is -0.325 e. The number of rotatable bonds is 5. The molecule has 5 nitrogen and oxygen atoms in total. The summed E-state index contributed by atoms with van der Waals surface area (Å²) in [5.74, 6) is -0.374. The molecule has 0 radical (unpaired) electrons. The van der Waals surface area contributed by atoms with Gasteiger partial charge in [0.05, 0.1) is 11.4 Å². The average molecular weight is 332 g/mol. The van der Waals surface area contributed by atoms with Gasteiger partial charge < -0.3 is 5.32 Å². The molecule has 2 aromatic rings. The van der Waals surface area contributed by atoms with Crippen molar-refractivity contribution in [2.75, 3.05) is 18.9 Å². The van der Waals surface area contributed by atoms with E-state index >= 15 is 0 Å². The van der Waals surface area contributed by atoms with Crippen LogP contribution in [-0.4, -0.2) is 32.2 Å². The summed E-state index contributed by atoms with van der Waals surface area (Å²) in [6.45, 7) is 3.62. The first-order valence-electron chi connectivity index (χ1n) is 7.20. The topological polar surface area (TPSA) is 66.5 Å². The molecule has 0 unspecified atom stereocenters. The van der Waals surface area contributed by atoms with Crippen molar-refractivity contribution in [1.82, 2.24) is 4.31 Å². The quantitative estimate of drug-likeness (QED) is 0.915. The minimum atomic E-state index is -3.67. The second kappa shape index (κ2) is 6.93. The molecule has 23 heavy (non-hydrogen) atoms. The lowest BCUT2D eigenvalue weighted by atomic mass is 10.1. The zero-order chi connectivity index (χ0) is 17.0. The van der Waals surface area contributed by atoms with Gasteiger partial charge in [0.25, 0.3) is 0 Å². The third kappa shape index (κ3) is 3.97. The fourth-order valence-corrected chi connectivity index (χ4v) is 3.28. The lowest BCUT2D eigenvalue weighted by Gasteiger charge is -2.17. The van der Waals surface area contributed by atoms with Crippen LogP contribution in [0.15, 0.2) is 53.4 Å². The highest BCUT2D eigenvalue weighted by atomic mass is 32.2. The fraction of sp³-hybridized carbons (Fsp3) is 0.235. The average Bonchev–Trinajstić information content (AvgIpc) is 2.52. The van der Waals surface area contributed by atoms with E-state index in [1.165, 1.54) is 19.2 Å². The number of benzene rings is 2. The maximum Gasteiger partial charge on any atom is 0.243 e. The van der Waals surface area contributed by atoms with Gasteiger partial charge in [0.1, 0.15) is 0 Å². The highest BCUT2D eigenvalue weighted by Crippen LogP contribution is 2.18. The molecule has 0 aliphatic carbocycles. The monoisotopic (exact) mass is 332 g/mol. The second-order valence-corrected chi connectivity index (χ2v) is 7.41. The highest BCUT2D eigenvalue weighted by molar-refractivity contribution is 7.89. The van der Waals surface area contributed by atoms with E-state index in [1.807, 2.05) is 26.0 Å². The van der Waals surface area contributed by atoms with Crippen LogP contribution in [0, 0.1) is 13.8 Å². The normalized spacial score (nSPS) is 11.5. The Morgan fingerprint density at radius 2 is 1.70 bits per heavy atom. The number of amides is 1. The van der Waals surface area contributed by atoms with Gasteiger partial charge in [-0.05, 0) is 43.2 Å². The van der Waals surface area contributed by atoms with Gasteiger partial charge in [-0.3, -0.25) is 4.79 Å². The molecule has 0 saturated heterocycles. The van der Waals surface area contributed by atoms with Gasteiger partial charge in [-0.25, -0.2) is 8.42 Å². The Labute approximate surface area is 137 Å². The first-order chi connectivity index (χ1) is 10.8. The Morgan fingerprint density at radius 3 is 2.35 bits per heavy atom. The summed E-state index contributed by atoms with van der Waals surface area (Å²) in [5.41, 5.74) is 2.72. The van der Waals surface area contributed by atoms with Crippen LogP contribution in [-0.2, 0) is 14.8 Å². The van der Waals surface area contributed by atoms with Crippen molar-refractivity contribution in [2.24, 2.45) is 0 Å². The summed E-state index contributed by atoms with van der Waals surface area (Å²) in [5, 5.41) is 2.76. The van der Waals surface area contributed by atoms with E-state index in [0.29, 0.717) is 5.69 Å². The van der Waals surface area contributed by atoms with Gasteiger partial charge in [0, 0.05) is 12.7 Å². The zero-order valence-electron chi connectivity index (χ0n) is 13.4. The Morgan fingerprint density at radius 1 is 1.04 bits per heavy atom. The van der Waals surface area contributed by atoms with Crippen LogP contribution in [0.1, 0.15) is 11.1 Å². The molecule has 0 heterocycles. The molecular weight excluding hydrogens is 312 g/mol. The molecule has 0 atom stereocenters. The Hall–Kier alpha value is -2.18. The fourth-order valence-electron chi connectivity index (χ4n) is 2.14. The zero-order valence-corrected chi connectivity index (χ0v) is 14.2. The molecule has 0 aliphatic heterocycles. The van der Waals surface area contributed by atoms with Gasteiger partial charge in [0.2, 0.25) is 15.9 Å². The van der Waals surface area contributed by atoms with Gasteiger partial charge in [-0.1, -0.05) is 30.3 Å². The lowest BCUT2D eigenvalue weighted by Crippen LogP contribution is -2.35. The molecule has 0 fully saturated rings. The van der Waals surface area contributed by atoms with E-state index in [1.54, 1.807) is 24.3 Å². The van der Waals surface area contributed by atoms with Crippen LogP contribution in [0.2, 0.25) is 0 Å². The number of anilines is 1.